The summed E-state index contributed by atoms with van der Waals surface area (Å²) >= 11 is 0. The van der Waals surface area contributed by atoms with Crippen LogP contribution in [0.2, 0.25) is 0 Å². The number of benzene rings is 2. The number of rotatable bonds is 2. The van der Waals surface area contributed by atoms with Crippen molar-refractivity contribution in [3.63, 3.8) is 0 Å². The van der Waals surface area contributed by atoms with Crippen LogP contribution in [0.5, 0.6) is 0 Å². The molecule has 104 valence electrons. The SMILES string of the molecule is NC1c2ccccc2CCCC1Cc1ccccc1F. The van der Waals surface area contributed by atoms with E-state index in [1.807, 2.05) is 18.2 Å². The minimum atomic E-state index is -0.114. The van der Waals surface area contributed by atoms with E-state index in [-0.39, 0.29) is 11.9 Å². The van der Waals surface area contributed by atoms with Crippen molar-refractivity contribution in [3.8, 4) is 0 Å². The Morgan fingerprint density at radius 2 is 1.80 bits per heavy atom. The molecule has 0 saturated carbocycles. The summed E-state index contributed by atoms with van der Waals surface area (Å²) in [6, 6.07) is 15.5. The van der Waals surface area contributed by atoms with Crippen LogP contribution in [0.1, 0.15) is 35.6 Å². The molecule has 0 saturated heterocycles. The van der Waals surface area contributed by atoms with E-state index in [1.165, 1.54) is 17.2 Å². The Bertz CT molecular complexity index is 593. The summed E-state index contributed by atoms with van der Waals surface area (Å²) in [5.41, 5.74) is 9.85. The molecular weight excluding hydrogens is 249 g/mol. The zero-order valence-corrected chi connectivity index (χ0v) is 11.6. The number of fused-ring (bicyclic) bond motifs is 1. The van der Waals surface area contributed by atoms with Gasteiger partial charge in [0, 0.05) is 6.04 Å². The first-order chi connectivity index (χ1) is 9.75. The van der Waals surface area contributed by atoms with Gasteiger partial charge in [-0.15, -0.1) is 0 Å². The molecule has 0 aliphatic heterocycles. The summed E-state index contributed by atoms with van der Waals surface area (Å²) < 4.78 is 13.8. The van der Waals surface area contributed by atoms with E-state index in [9.17, 15) is 4.39 Å². The maximum Gasteiger partial charge on any atom is 0.126 e. The van der Waals surface area contributed by atoms with Crippen LogP contribution < -0.4 is 5.73 Å². The highest BCUT2D eigenvalue weighted by atomic mass is 19.1. The van der Waals surface area contributed by atoms with Gasteiger partial charge in [0.1, 0.15) is 5.82 Å². The minimum Gasteiger partial charge on any atom is -0.324 e. The summed E-state index contributed by atoms with van der Waals surface area (Å²) in [6.45, 7) is 0. The van der Waals surface area contributed by atoms with Crippen molar-refractivity contribution in [2.24, 2.45) is 11.7 Å². The molecule has 2 N–H and O–H groups in total. The summed E-state index contributed by atoms with van der Waals surface area (Å²) in [5, 5.41) is 0. The number of aryl methyl sites for hydroxylation is 1. The second-order valence-corrected chi connectivity index (χ2v) is 5.67. The van der Waals surface area contributed by atoms with Gasteiger partial charge in [0.25, 0.3) is 0 Å². The highest BCUT2D eigenvalue weighted by Gasteiger charge is 2.25. The molecule has 1 nitrogen and oxygen atoms in total. The molecule has 0 heterocycles. The third-order valence-electron chi connectivity index (χ3n) is 4.38. The molecular formula is C18H20FN. The van der Waals surface area contributed by atoms with E-state index in [4.69, 9.17) is 5.73 Å². The monoisotopic (exact) mass is 269 g/mol. The first-order valence-electron chi connectivity index (χ1n) is 7.32. The fraction of sp³-hybridized carbons (Fsp3) is 0.333. The van der Waals surface area contributed by atoms with E-state index in [0.29, 0.717) is 5.92 Å². The number of hydrogen-bond acceptors (Lipinski definition) is 1. The lowest BCUT2D eigenvalue weighted by atomic mass is 9.86. The molecule has 2 aromatic rings. The molecule has 3 rings (SSSR count). The first-order valence-corrected chi connectivity index (χ1v) is 7.32. The fourth-order valence-electron chi connectivity index (χ4n) is 3.25. The van der Waals surface area contributed by atoms with Crippen molar-refractivity contribution >= 4 is 0 Å². The van der Waals surface area contributed by atoms with Crippen LogP contribution in [0.15, 0.2) is 48.5 Å². The zero-order chi connectivity index (χ0) is 13.9. The van der Waals surface area contributed by atoms with Gasteiger partial charge in [-0.3, -0.25) is 0 Å². The topological polar surface area (TPSA) is 26.0 Å². The van der Waals surface area contributed by atoms with Gasteiger partial charge in [0.2, 0.25) is 0 Å². The summed E-state index contributed by atoms with van der Waals surface area (Å²) in [4.78, 5) is 0. The molecule has 20 heavy (non-hydrogen) atoms. The molecule has 0 fully saturated rings. The smallest absolute Gasteiger partial charge is 0.126 e. The maximum absolute atomic E-state index is 13.8. The fourth-order valence-corrected chi connectivity index (χ4v) is 3.25. The van der Waals surface area contributed by atoms with Gasteiger partial charge in [-0.2, -0.15) is 0 Å². The predicted octanol–water partition coefficient (Wildman–Crippen LogP) is 4.02. The van der Waals surface area contributed by atoms with Crippen molar-refractivity contribution in [3.05, 3.63) is 71.0 Å². The second kappa shape index (κ2) is 5.76. The number of nitrogens with two attached hydrogens (primary N) is 1. The molecule has 2 heteroatoms. The quantitative estimate of drug-likeness (QED) is 0.819. The average Bonchev–Trinajstić information content (AvgIpc) is 2.62. The van der Waals surface area contributed by atoms with Crippen molar-refractivity contribution in [1.29, 1.82) is 0 Å². The summed E-state index contributed by atoms with van der Waals surface area (Å²) in [6.07, 6.45) is 3.99. The van der Waals surface area contributed by atoms with Crippen molar-refractivity contribution in [2.75, 3.05) is 0 Å². The average molecular weight is 269 g/mol. The van der Waals surface area contributed by atoms with Crippen LogP contribution >= 0.6 is 0 Å². The molecule has 1 aliphatic rings. The normalized spacial score (nSPS) is 22.1. The van der Waals surface area contributed by atoms with Crippen LogP contribution in [-0.2, 0) is 12.8 Å². The van der Waals surface area contributed by atoms with Crippen molar-refractivity contribution in [1.82, 2.24) is 0 Å². The Balaban J connectivity index is 1.86. The van der Waals surface area contributed by atoms with Gasteiger partial charge in [0.15, 0.2) is 0 Å². The van der Waals surface area contributed by atoms with Crippen molar-refractivity contribution in [2.45, 2.75) is 31.7 Å². The number of hydrogen-bond donors (Lipinski definition) is 1. The third kappa shape index (κ3) is 2.61. The van der Waals surface area contributed by atoms with Gasteiger partial charge in [-0.1, -0.05) is 42.5 Å². The van der Waals surface area contributed by atoms with Crippen LogP contribution in [0.25, 0.3) is 0 Å². The van der Waals surface area contributed by atoms with Gasteiger partial charge >= 0.3 is 0 Å². The van der Waals surface area contributed by atoms with E-state index < -0.39 is 0 Å². The van der Waals surface area contributed by atoms with Crippen LogP contribution in [0.3, 0.4) is 0 Å². The van der Waals surface area contributed by atoms with Gasteiger partial charge in [0.05, 0.1) is 0 Å². The molecule has 1 aliphatic carbocycles. The second-order valence-electron chi connectivity index (χ2n) is 5.67. The molecule has 2 aromatic carbocycles. The molecule has 0 amide bonds. The lowest BCUT2D eigenvalue weighted by Crippen LogP contribution is -2.23. The Morgan fingerprint density at radius 1 is 1.05 bits per heavy atom. The number of halogens is 1. The molecule has 0 spiro atoms. The van der Waals surface area contributed by atoms with Crippen LogP contribution in [-0.4, -0.2) is 0 Å². The highest BCUT2D eigenvalue weighted by molar-refractivity contribution is 5.32. The van der Waals surface area contributed by atoms with Gasteiger partial charge in [-0.05, 0) is 54.4 Å². The van der Waals surface area contributed by atoms with E-state index in [0.717, 1.165) is 31.2 Å². The Kier molecular flexibility index (Phi) is 3.83. The van der Waals surface area contributed by atoms with E-state index in [2.05, 4.69) is 18.2 Å². The molecule has 0 aromatic heterocycles. The Labute approximate surface area is 119 Å². The van der Waals surface area contributed by atoms with E-state index >= 15 is 0 Å². The minimum absolute atomic E-state index is 0.00769. The maximum atomic E-state index is 13.8. The lowest BCUT2D eigenvalue weighted by Gasteiger charge is -2.23. The van der Waals surface area contributed by atoms with Gasteiger partial charge in [-0.25, -0.2) is 4.39 Å². The molecule has 0 bridgehead atoms. The lowest BCUT2D eigenvalue weighted by molar-refractivity contribution is 0.396. The Morgan fingerprint density at radius 3 is 2.65 bits per heavy atom. The van der Waals surface area contributed by atoms with Crippen LogP contribution in [0.4, 0.5) is 4.39 Å². The Hall–Kier alpha value is -1.67. The largest absolute Gasteiger partial charge is 0.324 e. The predicted molar refractivity (Wildman–Crippen MR) is 79.9 cm³/mol. The first kappa shape index (κ1) is 13.3. The van der Waals surface area contributed by atoms with E-state index in [1.54, 1.807) is 6.07 Å². The molecule has 2 atom stereocenters. The van der Waals surface area contributed by atoms with Gasteiger partial charge < -0.3 is 5.73 Å². The standard InChI is InChI=1S/C18H20FN/c19-17-11-4-2-7-14(17)12-15-9-5-8-13-6-1-3-10-16(13)18(15)20/h1-4,6-7,10-11,15,18H,5,8-9,12,20H2. The molecule has 2 unspecified atom stereocenters. The molecule has 0 radical (unpaired) electrons. The third-order valence-corrected chi connectivity index (χ3v) is 4.38. The zero-order valence-electron chi connectivity index (χ0n) is 11.6. The van der Waals surface area contributed by atoms with Crippen molar-refractivity contribution < 1.29 is 4.39 Å². The summed E-state index contributed by atoms with van der Waals surface area (Å²) in [7, 11) is 0. The highest BCUT2D eigenvalue weighted by Crippen LogP contribution is 2.33. The summed E-state index contributed by atoms with van der Waals surface area (Å²) in [5.74, 6) is 0.202. The van der Waals surface area contributed by atoms with Crippen LogP contribution in [0, 0.1) is 11.7 Å².